The van der Waals surface area contributed by atoms with Gasteiger partial charge in [-0.15, -0.1) is 0 Å². The number of halogens is 1. The van der Waals surface area contributed by atoms with Gasteiger partial charge in [-0.2, -0.15) is 10.5 Å². The zero-order valence-corrected chi connectivity index (χ0v) is 25.7. The summed E-state index contributed by atoms with van der Waals surface area (Å²) >= 11 is 0. The van der Waals surface area contributed by atoms with Crippen LogP contribution in [0.5, 0.6) is 11.5 Å². The lowest BCUT2D eigenvalue weighted by Crippen LogP contribution is -2.51. The van der Waals surface area contributed by atoms with E-state index in [1.54, 1.807) is 36.0 Å². The van der Waals surface area contributed by atoms with E-state index in [9.17, 15) is 24.8 Å². The first-order chi connectivity index (χ1) is 22.7. The first-order valence-electron chi connectivity index (χ1n) is 14.9. The van der Waals surface area contributed by atoms with Crippen molar-refractivity contribution in [3.05, 3.63) is 101 Å². The molecule has 5 rings (SSSR count). The van der Waals surface area contributed by atoms with Gasteiger partial charge in [0.15, 0.2) is 11.5 Å². The lowest BCUT2D eigenvalue weighted by Gasteiger charge is -2.40. The molecular formula is C36H33FN6O4. The molecule has 0 spiro atoms. The van der Waals surface area contributed by atoms with Crippen LogP contribution >= 0.6 is 0 Å². The van der Waals surface area contributed by atoms with E-state index in [4.69, 9.17) is 20.7 Å². The number of hydrogen-bond donors (Lipinski definition) is 4. The van der Waals surface area contributed by atoms with Crippen LogP contribution in [0, 0.1) is 28.5 Å². The second kappa shape index (κ2) is 14.1. The van der Waals surface area contributed by atoms with Gasteiger partial charge in [-0.1, -0.05) is 36.4 Å². The molecule has 0 radical (unpaired) electrons. The van der Waals surface area contributed by atoms with Gasteiger partial charge >= 0.3 is 0 Å². The van der Waals surface area contributed by atoms with Crippen LogP contribution in [0.25, 0.3) is 28.3 Å². The SMILES string of the molecule is COc1ccc(-c2cnc(N3CCC(N)(CCc4ccc(/C=C/C(=O)NO)cc4)CC3)c(C#N)c2-c2ccc(C#N)c(F)c2)cc1O. The molecule has 1 saturated heterocycles. The zero-order chi connectivity index (χ0) is 33.6. The molecule has 47 heavy (non-hydrogen) atoms. The monoisotopic (exact) mass is 632 g/mol. The number of amides is 1. The third kappa shape index (κ3) is 7.23. The number of hydroxylamine groups is 1. The van der Waals surface area contributed by atoms with Crippen molar-refractivity contribution in [2.24, 2.45) is 5.73 Å². The molecule has 2 heterocycles. The molecule has 10 nitrogen and oxygen atoms in total. The number of rotatable bonds is 9. The summed E-state index contributed by atoms with van der Waals surface area (Å²) in [5.41, 5.74) is 11.9. The number of nitrogens with two attached hydrogens (primary N) is 1. The van der Waals surface area contributed by atoms with Crippen LogP contribution in [0.4, 0.5) is 10.2 Å². The predicted molar refractivity (Wildman–Crippen MR) is 175 cm³/mol. The number of anilines is 1. The number of hydrogen-bond acceptors (Lipinski definition) is 9. The second-order valence-corrected chi connectivity index (χ2v) is 11.5. The van der Waals surface area contributed by atoms with Crippen LogP contribution in [0.2, 0.25) is 0 Å². The Morgan fingerprint density at radius 1 is 1.11 bits per heavy atom. The van der Waals surface area contributed by atoms with Gasteiger partial charge in [0, 0.05) is 42.0 Å². The number of pyridine rings is 1. The number of methoxy groups -OCH3 is 1. The number of carbonyl (C=O) groups excluding carboxylic acids is 1. The Morgan fingerprint density at radius 3 is 2.45 bits per heavy atom. The van der Waals surface area contributed by atoms with Crippen molar-refractivity contribution in [2.45, 2.75) is 31.2 Å². The summed E-state index contributed by atoms with van der Waals surface area (Å²) in [4.78, 5) is 17.9. The topological polar surface area (TPSA) is 169 Å². The van der Waals surface area contributed by atoms with Crippen molar-refractivity contribution in [3.63, 3.8) is 0 Å². The van der Waals surface area contributed by atoms with Crippen molar-refractivity contribution in [2.75, 3.05) is 25.1 Å². The molecular weight excluding hydrogens is 599 g/mol. The van der Waals surface area contributed by atoms with Crippen molar-refractivity contribution in [1.29, 1.82) is 10.5 Å². The van der Waals surface area contributed by atoms with E-state index in [0.717, 1.165) is 24.0 Å². The van der Waals surface area contributed by atoms with Crippen LogP contribution in [0.15, 0.2) is 72.9 Å². The van der Waals surface area contributed by atoms with Gasteiger partial charge in [0.2, 0.25) is 0 Å². The molecule has 1 aliphatic heterocycles. The van der Waals surface area contributed by atoms with Gasteiger partial charge in [-0.25, -0.2) is 14.9 Å². The molecule has 11 heteroatoms. The number of aromatic hydroxyl groups is 1. The molecule has 1 aliphatic rings. The minimum Gasteiger partial charge on any atom is -0.504 e. The molecule has 5 N–H and O–H groups in total. The maximum absolute atomic E-state index is 14.9. The van der Waals surface area contributed by atoms with Gasteiger partial charge in [0.25, 0.3) is 5.91 Å². The molecule has 1 aromatic heterocycles. The average Bonchev–Trinajstić information content (AvgIpc) is 3.09. The fourth-order valence-electron chi connectivity index (χ4n) is 5.80. The van der Waals surface area contributed by atoms with Crippen molar-refractivity contribution in [3.8, 4) is 45.9 Å². The molecule has 1 amide bonds. The lowest BCUT2D eigenvalue weighted by molar-refractivity contribution is -0.124. The van der Waals surface area contributed by atoms with Crippen LogP contribution in [-0.4, -0.2) is 46.9 Å². The van der Waals surface area contributed by atoms with E-state index in [0.29, 0.717) is 54.0 Å². The van der Waals surface area contributed by atoms with Crippen molar-refractivity contribution >= 4 is 17.8 Å². The Hall–Kier alpha value is -5.75. The fourth-order valence-corrected chi connectivity index (χ4v) is 5.80. The number of nitrogens with one attached hydrogen (secondary N) is 1. The Morgan fingerprint density at radius 2 is 1.83 bits per heavy atom. The van der Waals surface area contributed by atoms with Crippen LogP contribution in [0.3, 0.4) is 0 Å². The summed E-state index contributed by atoms with van der Waals surface area (Å²) < 4.78 is 20.1. The Kier molecular flexibility index (Phi) is 9.81. The van der Waals surface area contributed by atoms with E-state index in [1.807, 2.05) is 35.2 Å². The number of nitriles is 2. The zero-order valence-electron chi connectivity index (χ0n) is 25.7. The minimum absolute atomic E-state index is 0.0975. The third-order valence-corrected chi connectivity index (χ3v) is 8.53. The molecule has 0 atom stereocenters. The summed E-state index contributed by atoms with van der Waals surface area (Å²) in [6.07, 6.45) is 7.29. The number of aromatic nitrogens is 1. The smallest absolute Gasteiger partial charge is 0.267 e. The molecule has 1 fully saturated rings. The molecule has 238 valence electrons. The Bertz CT molecular complexity index is 1900. The first kappa shape index (κ1) is 32.6. The number of aryl methyl sites for hydroxylation is 1. The van der Waals surface area contributed by atoms with E-state index in [2.05, 4.69) is 6.07 Å². The summed E-state index contributed by atoms with van der Waals surface area (Å²) in [5, 5.41) is 38.9. The first-order valence-corrected chi connectivity index (χ1v) is 14.9. The molecule has 3 aromatic carbocycles. The quantitative estimate of drug-likeness (QED) is 0.106. The Labute approximate surface area is 271 Å². The van der Waals surface area contributed by atoms with Gasteiger partial charge in [0.05, 0.1) is 12.7 Å². The maximum atomic E-state index is 14.9. The highest BCUT2D eigenvalue weighted by Gasteiger charge is 2.32. The largest absolute Gasteiger partial charge is 0.504 e. The van der Waals surface area contributed by atoms with Gasteiger partial charge < -0.3 is 20.5 Å². The number of phenolic OH excluding ortho intramolecular Hbond substituents is 1. The van der Waals surface area contributed by atoms with Gasteiger partial charge in [-0.3, -0.25) is 10.0 Å². The summed E-state index contributed by atoms with van der Waals surface area (Å²) in [6.45, 7) is 1.11. The predicted octanol–water partition coefficient (Wildman–Crippen LogP) is 5.46. The van der Waals surface area contributed by atoms with Gasteiger partial charge in [-0.05, 0) is 78.3 Å². The molecule has 4 aromatic rings. The Balaban J connectivity index is 1.39. The van der Waals surface area contributed by atoms with Crippen LogP contribution in [0.1, 0.15) is 41.5 Å². The summed E-state index contributed by atoms with van der Waals surface area (Å²) in [5.74, 6) is -0.673. The highest BCUT2D eigenvalue weighted by atomic mass is 19.1. The standard InChI is InChI=1S/C36H33FN6O4/c1-47-32-10-9-25(19-31(32)44)29-22-41-35(28(21-39)34(29)26-7-8-27(20-38)30(37)18-26)43-16-14-36(40,15-17-43)13-12-24-4-2-23(3-5-24)6-11-33(45)42-46/h2-11,18-19,22,44,46H,12-17,40H2,1H3,(H,42,45)/b11-6+. The number of benzene rings is 3. The lowest BCUT2D eigenvalue weighted by atomic mass is 9.83. The second-order valence-electron chi connectivity index (χ2n) is 11.5. The fraction of sp³-hybridized carbons (Fsp3) is 0.222. The molecule has 0 saturated carbocycles. The molecule has 0 bridgehead atoms. The molecule has 0 aliphatic carbocycles. The maximum Gasteiger partial charge on any atom is 0.267 e. The number of piperidine rings is 1. The number of ether oxygens (including phenoxy) is 1. The van der Waals surface area contributed by atoms with Crippen molar-refractivity contribution < 1.29 is 24.2 Å². The van der Waals surface area contributed by atoms with E-state index in [1.165, 1.54) is 31.4 Å². The molecule has 0 unspecified atom stereocenters. The summed E-state index contributed by atoms with van der Waals surface area (Å²) in [6, 6.07) is 20.9. The third-order valence-electron chi connectivity index (χ3n) is 8.53. The number of carbonyl (C=O) groups is 1. The van der Waals surface area contributed by atoms with Crippen LogP contribution < -0.4 is 20.9 Å². The number of phenols is 1. The normalized spacial score (nSPS) is 14.0. The van der Waals surface area contributed by atoms with Crippen molar-refractivity contribution in [1.82, 2.24) is 10.5 Å². The minimum atomic E-state index is -0.707. The number of nitrogens with zero attached hydrogens (tertiary/aromatic N) is 4. The van der Waals surface area contributed by atoms with E-state index < -0.39 is 17.3 Å². The summed E-state index contributed by atoms with van der Waals surface area (Å²) in [7, 11) is 1.44. The van der Waals surface area contributed by atoms with Crippen LogP contribution in [-0.2, 0) is 11.2 Å². The van der Waals surface area contributed by atoms with Gasteiger partial charge in [0.1, 0.15) is 29.3 Å². The highest BCUT2D eigenvalue weighted by molar-refractivity contribution is 5.91. The van der Waals surface area contributed by atoms with E-state index in [-0.39, 0.29) is 22.6 Å². The van der Waals surface area contributed by atoms with E-state index >= 15 is 0 Å². The average molecular weight is 633 g/mol. The highest BCUT2D eigenvalue weighted by Crippen LogP contribution is 2.41.